The van der Waals surface area contributed by atoms with Crippen LogP contribution in [0.3, 0.4) is 0 Å². The molecule has 0 aromatic carbocycles. The van der Waals surface area contributed by atoms with E-state index in [-0.39, 0.29) is 32.7 Å². The van der Waals surface area contributed by atoms with Gasteiger partial charge in [0.05, 0.1) is 36.4 Å². The molecule has 0 aliphatic carbocycles. The first kappa shape index (κ1) is 14.6. The van der Waals surface area contributed by atoms with E-state index in [0.717, 1.165) is 0 Å². The van der Waals surface area contributed by atoms with E-state index >= 15 is 0 Å². The van der Waals surface area contributed by atoms with Crippen LogP contribution >= 0.6 is 7.82 Å². The van der Waals surface area contributed by atoms with Crippen LogP contribution in [0.2, 0.25) is 0 Å². The molecule has 7 nitrogen and oxygen atoms in total. The number of nitrogens with zero attached hydrogens (tertiary/aromatic N) is 1. The number of ether oxygens (including phenoxy) is 2. The number of hydrogen-bond acceptors (Lipinski definition) is 7. The van der Waals surface area contributed by atoms with Crippen LogP contribution in [0.1, 0.15) is 17.0 Å². The van der Waals surface area contributed by atoms with E-state index in [2.05, 4.69) is 6.58 Å². The fraction of sp³-hybridized carbons (Fsp3) is 0.643. The standard InChI is InChI=1S/C14H22NO6P/c1-3-4-5-9-19-22(16,20-10-6-8-15)21-13-7-11-18-14(13)12-17-2/h3-5,13-14H,1,6-7,9-12H2,2H3/b5-4+/i2TD,11T. The topological polar surface area (TPSA) is 87.0 Å². The Balaban J connectivity index is 2.71. The molecule has 8 heteroatoms. The quantitative estimate of drug-likeness (QED) is 0.325. The lowest BCUT2D eigenvalue weighted by atomic mass is 10.2. The second-order valence-corrected chi connectivity index (χ2v) is 5.82. The van der Waals surface area contributed by atoms with Gasteiger partial charge in [-0.2, -0.15) is 5.26 Å². The molecule has 1 fully saturated rings. The van der Waals surface area contributed by atoms with Crippen molar-refractivity contribution in [3.8, 4) is 6.07 Å². The lowest BCUT2D eigenvalue weighted by molar-refractivity contribution is -0.0158. The van der Waals surface area contributed by atoms with Gasteiger partial charge in [-0.3, -0.25) is 13.6 Å². The third-order valence-electron chi connectivity index (χ3n) is 2.60. The van der Waals surface area contributed by atoms with Gasteiger partial charge in [0, 0.05) is 20.1 Å². The molecule has 5 unspecified atom stereocenters. The predicted octanol–water partition coefficient (Wildman–Crippen LogP) is 2.60. The maximum Gasteiger partial charge on any atom is 0.475 e. The third-order valence-corrected chi connectivity index (χ3v) is 4.10. The Bertz CT molecular complexity index is 527. The minimum Gasteiger partial charge on any atom is -0.382 e. The normalized spacial score (nSPS) is 30.9. The maximum atomic E-state index is 12.7. The van der Waals surface area contributed by atoms with Crippen molar-refractivity contribution in [3.05, 3.63) is 24.8 Å². The zero-order valence-corrected chi connectivity index (χ0v) is 13.0. The van der Waals surface area contributed by atoms with Gasteiger partial charge >= 0.3 is 7.82 Å². The van der Waals surface area contributed by atoms with Gasteiger partial charge in [-0.15, -0.1) is 0 Å². The van der Waals surface area contributed by atoms with Crippen LogP contribution in [0.15, 0.2) is 24.8 Å². The lowest BCUT2D eigenvalue weighted by Gasteiger charge is -2.23. The monoisotopic (exact) mass is 336 g/mol. The van der Waals surface area contributed by atoms with Gasteiger partial charge in [0.15, 0.2) is 0 Å². The van der Waals surface area contributed by atoms with Gasteiger partial charge in [0.2, 0.25) is 0 Å². The summed E-state index contributed by atoms with van der Waals surface area (Å²) in [5.41, 5.74) is 0. The predicted molar refractivity (Wildman–Crippen MR) is 80.2 cm³/mol. The van der Waals surface area contributed by atoms with Crippen LogP contribution in [-0.4, -0.2) is 45.7 Å². The Kier molecular flexibility index (Phi) is 7.08. The van der Waals surface area contributed by atoms with Crippen LogP contribution in [0.4, 0.5) is 0 Å². The van der Waals surface area contributed by atoms with Crippen LogP contribution in [0.5, 0.6) is 0 Å². The number of methoxy groups -OCH3 is 1. The average Bonchev–Trinajstić information content (AvgIpc) is 2.89. The first-order valence-electron chi connectivity index (χ1n) is 8.39. The molecule has 1 aliphatic rings. The Morgan fingerprint density at radius 3 is 3.32 bits per heavy atom. The maximum absolute atomic E-state index is 12.7. The van der Waals surface area contributed by atoms with E-state index in [9.17, 15) is 4.57 Å². The Labute approximate surface area is 135 Å². The van der Waals surface area contributed by atoms with Gasteiger partial charge in [-0.25, -0.2) is 4.57 Å². The summed E-state index contributed by atoms with van der Waals surface area (Å²) in [4.78, 5) is 0. The zero-order valence-electron chi connectivity index (χ0n) is 15.1. The minimum atomic E-state index is -4.00. The van der Waals surface area contributed by atoms with Crippen molar-refractivity contribution in [2.45, 2.75) is 25.0 Å². The molecule has 0 aromatic heterocycles. The molecule has 0 saturated carbocycles. The Morgan fingerprint density at radius 1 is 1.73 bits per heavy atom. The molecule has 0 bridgehead atoms. The van der Waals surface area contributed by atoms with Gasteiger partial charge in [-0.1, -0.05) is 24.8 Å². The third kappa shape index (κ3) is 6.84. The molecule has 22 heavy (non-hydrogen) atoms. The van der Waals surface area contributed by atoms with E-state index < -0.39 is 33.7 Å². The highest BCUT2D eigenvalue weighted by atomic mass is 31.2. The molecule has 1 heterocycles. The highest BCUT2D eigenvalue weighted by molar-refractivity contribution is 7.48. The summed E-state index contributed by atoms with van der Waals surface area (Å²) in [6.45, 7) is 2.23. The second-order valence-electron chi connectivity index (χ2n) is 4.20. The molecule has 1 rings (SSSR count). The number of hydrogen-bond donors (Lipinski definition) is 0. The highest BCUT2D eigenvalue weighted by Gasteiger charge is 2.38. The molecule has 0 amide bonds. The van der Waals surface area contributed by atoms with Crippen LogP contribution in [0, 0.1) is 11.3 Å². The van der Waals surface area contributed by atoms with E-state index in [1.54, 1.807) is 12.2 Å². The van der Waals surface area contributed by atoms with Crippen molar-refractivity contribution < 1.29 is 31.7 Å². The van der Waals surface area contributed by atoms with Crippen molar-refractivity contribution in [2.75, 3.05) is 33.5 Å². The molecular formula is C14H22NO6P. The first-order valence-corrected chi connectivity index (χ1v) is 8.12. The molecule has 5 atom stereocenters. The molecule has 0 aromatic rings. The molecule has 0 radical (unpaired) electrons. The number of rotatable bonds is 11. The van der Waals surface area contributed by atoms with E-state index in [1.165, 1.54) is 6.08 Å². The summed E-state index contributed by atoms with van der Waals surface area (Å²) in [5, 5.41) is 8.57. The number of nitriles is 1. The van der Waals surface area contributed by atoms with Gasteiger partial charge in [0.1, 0.15) is 12.2 Å². The van der Waals surface area contributed by atoms with E-state index in [1.807, 2.05) is 6.07 Å². The fourth-order valence-corrected chi connectivity index (χ4v) is 2.95. The number of phosphoric acid groups is 1. The molecule has 124 valence electrons. The molecule has 0 N–H and O–H groups in total. The van der Waals surface area contributed by atoms with Crippen LogP contribution in [-0.2, 0) is 27.6 Å². The number of allylic oxidation sites excluding steroid dienone is 2. The summed E-state index contributed by atoms with van der Waals surface area (Å²) >= 11 is 0. The van der Waals surface area contributed by atoms with Gasteiger partial charge in [-0.05, 0) is 0 Å². The minimum absolute atomic E-state index is 0.00729. The smallest absolute Gasteiger partial charge is 0.382 e. The summed E-state index contributed by atoms with van der Waals surface area (Å²) in [5.74, 6) is 0. The first-order chi connectivity index (χ1) is 11.9. The molecule has 0 spiro atoms. The van der Waals surface area contributed by atoms with Gasteiger partial charge < -0.3 is 9.47 Å². The molecule has 1 saturated heterocycles. The molecule has 1 aliphatic heterocycles. The Hall–Kier alpha value is -1.00. The van der Waals surface area contributed by atoms with Gasteiger partial charge in [0.25, 0.3) is 0 Å². The summed E-state index contributed by atoms with van der Waals surface area (Å²) in [6, 6.07) is 1.86. The summed E-state index contributed by atoms with van der Waals surface area (Å²) in [6.07, 6.45) is 3.18. The molecular weight excluding hydrogens is 309 g/mol. The van der Waals surface area contributed by atoms with Crippen molar-refractivity contribution in [2.24, 2.45) is 0 Å². The second kappa shape index (κ2) is 10.7. The SMILES string of the molecule is [2H]C([3H])OCC1OC([3H])CC1OP(=O)(OC/C=C/C=C)OCCC#N. The van der Waals surface area contributed by atoms with Crippen molar-refractivity contribution in [1.82, 2.24) is 0 Å². The summed E-state index contributed by atoms with van der Waals surface area (Å²) < 4.78 is 60.3. The van der Waals surface area contributed by atoms with Crippen molar-refractivity contribution in [3.63, 3.8) is 0 Å². The van der Waals surface area contributed by atoms with Crippen LogP contribution in [0.25, 0.3) is 0 Å². The fourth-order valence-electron chi connectivity index (χ4n) is 1.62. The summed E-state index contributed by atoms with van der Waals surface area (Å²) in [7, 11) is -5.51. The van der Waals surface area contributed by atoms with Crippen molar-refractivity contribution >= 4 is 7.82 Å². The highest BCUT2D eigenvalue weighted by Crippen LogP contribution is 2.52. The van der Waals surface area contributed by atoms with E-state index in [4.69, 9.17) is 32.4 Å². The largest absolute Gasteiger partial charge is 0.475 e. The lowest BCUT2D eigenvalue weighted by Crippen LogP contribution is -2.28. The van der Waals surface area contributed by atoms with Crippen molar-refractivity contribution in [1.29, 1.82) is 5.26 Å². The Morgan fingerprint density at radius 2 is 2.59 bits per heavy atom. The average molecular weight is 336 g/mol. The van der Waals surface area contributed by atoms with Crippen LogP contribution < -0.4 is 0 Å². The zero-order chi connectivity index (χ0) is 18.7. The van der Waals surface area contributed by atoms with E-state index in [0.29, 0.717) is 0 Å². The number of phosphoric ester groups is 1.